The van der Waals surface area contributed by atoms with E-state index in [1.165, 1.54) is 6.07 Å². The van der Waals surface area contributed by atoms with Crippen molar-refractivity contribution in [2.45, 2.75) is 24.3 Å². The predicted octanol–water partition coefficient (Wildman–Crippen LogP) is 3.82. The predicted molar refractivity (Wildman–Crippen MR) is 93.7 cm³/mol. The summed E-state index contributed by atoms with van der Waals surface area (Å²) in [5.74, 6) is -2.16. The van der Waals surface area contributed by atoms with Crippen LogP contribution in [0.25, 0.3) is 0 Å². The number of para-hydroxylation sites is 2. The molecule has 2 aromatic carbocycles. The van der Waals surface area contributed by atoms with E-state index in [0.717, 1.165) is 23.9 Å². The number of benzene rings is 2. The van der Waals surface area contributed by atoms with Gasteiger partial charge in [0.25, 0.3) is 0 Å². The van der Waals surface area contributed by atoms with Crippen LogP contribution >= 0.6 is 11.8 Å². The third kappa shape index (κ3) is 3.82. The van der Waals surface area contributed by atoms with Crippen LogP contribution in [0.1, 0.15) is 13.3 Å². The second-order valence-corrected chi connectivity index (χ2v) is 6.80. The van der Waals surface area contributed by atoms with E-state index in [-0.39, 0.29) is 30.0 Å². The molecule has 2 amide bonds. The number of nitrogens with zero attached hydrogens (tertiary/aromatic N) is 1. The molecule has 0 fully saturated rings. The van der Waals surface area contributed by atoms with Gasteiger partial charge in [0.2, 0.25) is 11.8 Å². The van der Waals surface area contributed by atoms with Gasteiger partial charge in [-0.05, 0) is 37.3 Å². The number of amides is 2. The number of nitrogens with one attached hydrogen (secondary N) is 1. The van der Waals surface area contributed by atoms with Crippen LogP contribution in [0, 0.1) is 11.6 Å². The summed E-state index contributed by atoms with van der Waals surface area (Å²) in [5.41, 5.74) is 1.22. The number of rotatable bonds is 3. The molecule has 0 spiro atoms. The average molecular weight is 362 g/mol. The van der Waals surface area contributed by atoms with Gasteiger partial charge in [0.15, 0.2) is 11.6 Å². The molecule has 0 saturated heterocycles. The fraction of sp³-hybridized carbons (Fsp3) is 0.222. The van der Waals surface area contributed by atoms with Gasteiger partial charge in [-0.2, -0.15) is 0 Å². The van der Waals surface area contributed by atoms with Crippen molar-refractivity contribution >= 4 is 35.0 Å². The van der Waals surface area contributed by atoms with Gasteiger partial charge in [0.05, 0.1) is 17.1 Å². The summed E-state index contributed by atoms with van der Waals surface area (Å²) in [4.78, 5) is 26.7. The number of carbonyl (C=O) groups is 2. The van der Waals surface area contributed by atoms with E-state index in [1.54, 1.807) is 29.2 Å². The molecular weight excluding hydrogens is 346 g/mol. The SMILES string of the molecule is C[C@@H]1CC(=O)Nc2ccccc2N1C(=O)CSc1ccc(F)c(F)c1. The minimum absolute atomic E-state index is 0.0535. The third-order valence-corrected chi connectivity index (χ3v) is 4.86. The lowest BCUT2D eigenvalue weighted by molar-refractivity contribution is -0.117. The Morgan fingerprint density at radius 2 is 2.00 bits per heavy atom. The van der Waals surface area contributed by atoms with Crippen molar-refractivity contribution in [3.8, 4) is 0 Å². The molecule has 0 saturated carbocycles. The standard InChI is InChI=1S/C18H16F2N2O2S/c1-11-8-17(23)21-15-4-2-3-5-16(15)22(11)18(24)10-25-12-6-7-13(19)14(20)9-12/h2-7,9,11H,8,10H2,1H3,(H,21,23)/t11-/m1/s1. The number of thioether (sulfide) groups is 1. The van der Waals surface area contributed by atoms with E-state index in [2.05, 4.69) is 5.32 Å². The van der Waals surface area contributed by atoms with Crippen LogP contribution in [0.15, 0.2) is 47.4 Å². The van der Waals surface area contributed by atoms with Crippen LogP contribution in [0.4, 0.5) is 20.2 Å². The van der Waals surface area contributed by atoms with E-state index in [9.17, 15) is 18.4 Å². The molecule has 3 rings (SSSR count). The summed E-state index contributed by atoms with van der Waals surface area (Å²) in [6.07, 6.45) is 0.191. The highest BCUT2D eigenvalue weighted by molar-refractivity contribution is 8.00. The van der Waals surface area contributed by atoms with Crippen molar-refractivity contribution in [1.82, 2.24) is 0 Å². The quantitative estimate of drug-likeness (QED) is 0.845. The van der Waals surface area contributed by atoms with Crippen molar-refractivity contribution in [2.75, 3.05) is 16.0 Å². The van der Waals surface area contributed by atoms with Crippen molar-refractivity contribution in [2.24, 2.45) is 0 Å². The van der Waals surface area contributed by atoms with Crippen LogP contribution in [-0.4, -0.2) is 23.6 Å². The summed E-state index contributed by atoms with van der Waals surface area (Å²) in [6.45, 7) is 1.81. The largest absolute Gasteiger partial charge is 0.324 e. The summed E-state index contributed by atoms with van der Waals surface area (Å²) < 4.78 is 26.3. The average Bonchev–Trinajstić information content (AvgIpc) is 2.70. The number of anilines is 2. The molecular formula is C18H16F2N2O2S. The van der Waals surface area contributed by atoms with E-state index in [0.29, 0.717) is 16.3 Å². The van der Waals surface area contributed by atoms with Gasteiger partial charge in [0.1, 0.15) is 0 Å². The first-order chi connectivity index (χ1) is 12.0. The Bertz CT molecular complexity index is 828. The minimum atomic E-state index is -0.944. The highest BCUT2D eigenvalue weighted by Crippen LogP contribution is 2.32. The Morgan fingerprint density at radius 3 is 2.76 bits per heavy atom. The van der Waals surface area contributed by atoms with E-state index in [4.69, 9.17) is 0 Å². The Balaban J connectivity index is 1.80. The molecule has 0 aromatic heterocycles. The van der Waals surface area contributed by atoms with Gasteiger partial charge in [0, 0.05) is 17.4 Å². The number of hydrogen-bond acceptors (Lipinski definition) is 3. The molecule has 0 bridgehead atoms. The minimum Gasteiger partial charge on any atom is -0.324 e. The van der Waals surface area contributed by atoms with Crippen LogP contribution in [0.3, 0.4) is 0 Å². The van der Waals surface area contributed by atoms with E-state index < -0.39 is 11.6 Å². The zero-order valence-electron chi connectivity index (χ0n) is 13.5. The van der Waals surface area contributed by atoms with E-state index in [1.807, 2.05) is 6.92 Å². The molecule has 0 radical (unpaired) electrons. The molecule has 4 nitrogen and oxygen atoms in total. The van der Waals surface area contributed by atoms with Crippen LogP contribution in [0.5, 0.6) is 0 Å². The van der Waals surface area contributed by atoms with Crippen LogP contribution in [-0.2, 0) is 9.59 Å². The maximum absolute atomic E-state index is 13.3. The topological polar surface area (TPSA) is 49.4 Å². The Labute approximate surface area is 148 Å². The summed E-state index contributed by atoms with van der Waals surface area (Å²) in [6, 6.07) is 10.3. The van der Waals surface area contributed by atoms with Crippen molar-refractivity contribution in [3.05, 3.63) is 54.1 Å². The van der Waals surface area contributed by atoms with E-state index >= 15 is 0 Å². The molecule has 130 valence electrons. The normalized spacial score (nSPS) is 16.8. The van der Waals surface area contributed by atoms with Gasteiger partial charge in [-0.25, -0.2) is 8.78 Å². The van der Waals surface area contributed by atoms with Crippen molar-refractivity contribution in [1.29, 1.82) is 0 Å². The molecule has 0 unspecified atom stereocenters. The maximum Gasteiger partial charge on any atom is 0.237 e. The molecule has 7 heteroatoms. The molecule has 25 heavy (non-hydrogen) atoms. The number of hydrogen-bond donors (Lipinski definition) is 1. The van der Waals surface area contributed by atoms with Crippen molar-refractivity contribution in [3.63, 3.8) is 0 Å². The van der Waals surface area contributed by atoms with Gasteiger partial charge in [-0.15, -0.1) is 11.8 Å². The van der Waals surface area contributed by atoms with Crippen LogP contribution in [0.2, 0.25) is 0 Å². The fourth-order valence-electron chi connectivity index (χ4n) is 2.75. The summed E-state index contributed by atoms with van der Waals surface area (Å²) >= 11 is 1.13. The molecule has 2 aromatic rings. The van der Waals surface area contributed by atoms with Gasteiger partial charge >= 0.3 is 0 Å². The van der Waals surface area contributed by atoms with Gasteiger partial charge < -0.3 is 10.2 Å². The van der Waals surface area contributed by atoms with Gasteiger partial charge in [-0.1, -0.05) is 12.1 Å². The monoisotopic (exact) mass is 362 g/mol. The Hall–Kier alpha value is -2.41. The smallest absolute Gasteiger partial charge is 0.237 e. The second-order valence-electron chi connectivity index (χ2n) is 5.75. The number of carbonyl (C=O) groups excluding carboxylic acids is 2. The third-order valence-electron chi connectivity index (χ3n) is 3.88. The fourth-order valence-corrected chi connectivity index (χ4v) is 3.53. The number of halogens is 2. The molecule has 1 heterocycles. The summed E-state index contributed by atoms with van der Waals surface area (Å²) in [7, 11) is 0. The summed E-state index contributed by atoms with van der Waals surface area (Å²) in [5, 5.41) is 2.79. The molecule has 0 aliphatic carbocycles. The lowest BCUT2D eigenvalue weighted by Gasteiger charge is -2.27. The lowest BCUT2D eigenvalue weighted by atomic mass is 10.2. The molecule has 1 atom stereocenters. The molecule has 1 N–H and O–H groups in total. The molecule has 1 aliphatic rings. The maximum atomic E-state index is 13.3. The van der Waals surface area contributed by atoms with Crippen LogP contribution < -0.4 is 10.2 Å². The first-order valence-electron chi connectivity index (χ1n) is 7.74. The zero-order valence-corrected chi connectivity index (χ0v) is 14.3. The van der Waals surface area contributed by atoms with Gasteiger partial charge in [-0.3, -0.25) is 9.59 Å². The first kappa shape index (κ1) is 17.4. The lowest BCUT2D eigenvalue weighted by Crippen LogP contribution is -2.40. The highest BCUT2D eigenvalue weighted by atomic mass is 32.2. The van der Waals surface area contributed by atoms with Crippen molar-refractivity contribution < 1.29 is 18.4 Å². The zero-order chi connectivity index (χ0) is 18.0. The second kappa shape index (κ2) is 7.23. The Morgan fingerprint density at radius 1 is 1.24 bits per heavy atom. The first-order valence-corrected chi connectivity index (χ1v) is 8.73. The Kier molecular flexibility index (Phi) is 5.03. The number of fused-ring (bicyclic) bond motifs is 1. The molecule has 1 aliphatic heterocycles. The highest BCUT2D eigenvalue weighted by Gasteiger charge is 2.29.